The number of rotatable bonds is 4. The summed E-state index contributed by atoms with van der Waals surface area (Å²) in [5.74, 6) is 0. The highest BCUT2D eigenvalue weighted by molar-refractivity contribution is 5.93. The van der Waals surface area contributed by atoms with E-state index in [4.69, 9.17) is 0 Å². The largest absolute Gasteiger partial charge is 0.418 e. The SMILES string of the molecule is C[C@](O)(CNc1cc(-c2ccncc2)nc2cnccc12)C(F)(F)F. The summed E-state index contributed by atoms with van der Waals surface area (Å²) in [6.07, 6.45) is 1.53. The molecule has 0 aliphatic carbocycles. The van der Waals surface area contributed by atoms with Crippen LogP contribution in [-0.4, -0.2) is 38.4 Å². The van der Waals surface area contributed by atoms with Gasteiger partial charge in [0.15, 0.2) is 5.60 Å². The maximum absolute atomic E-state index is 12.9. The van der Waals surface area contributed by atoms with Gasteiger partial charge in [0.05, 0.1) is 24.0 Å². The third-order valence-corrected chi connectivity index (χ3v) is 3.82. The Labute approximate surface area is 141 Å². The standard InChI is InChI=1S/C17H15F3N4O/c1-16(25,17(18,19)20)10-23-14-8-13(11-2-5-21-6-3-11)24-15-9-22-7-4-12(14)15/h2-9,25H,10H2,1H3,(H,23,24)/t16-/m0/s1. The summed E-state index contributed by atoms with van der Waals surface area (Å²) in [5.41, 5.74) is -0.551. The van der Waals surface area contributed by atoms with Crippen molar-refractivity contribution in [1.82, 2.24) is 15.0 Å². The molecule has 0 saturated carbocycles. The van der Waals surface area contributed by atoms with Crippen molar-refractivity contribution in [3.05, 3.63) is 49.1 Å². The van der Waals surface area contributed by atoms with Gasteiger partial charge in [0.1, 0.15) is 0 Å². The van der Waals surface area contributed by atoms with Crippen LogP contribution in [-0.2, 0) is 0 Å². The van der Waals surface area contributed by atoms with Crippen molar-refractivity contribution in [2.45, 2.75) is 18.7 Å². The molecule has 130 valence electrons. The maximum Gasteiger partial charge on any atom is 0.418 e. The molecule has 0 spiro atoms. The molecule has 3 rings (SSSR count). The second-order valence-electron chi connectivity index (χ2n) is 5.81. The number of aromatic nitrogens is 3. The molecule has 5 nitrogen and oxygen atoms in total. The van der Waals surface area contributed by atoms with Crippen LogP contribution in [0.2, 0.25) is 0 Å². The molecular formula is C17H15F3N4O. The lowest BCUT2D eigenvalue weighted by Crippen LogP contribution is -2.47. The molecule has 25 heavy (non-hydrogen) atoms. The minimum atomic E-state index is -4.74. The van der Waals surface area contributed by atoms with Crippen molar-refractivity contribution in [1.29, 1.82) is 0 Å². The first-order chi connectivity index (χ1) is 11.8. The third-order valence-electron chi connectivity index (χ3n) is 3.82. The quantitative estimate of drug-likeness (QED) is 0.756. The lowest BCUT2D eigenvalue weighted by molar-refractivity contribution is -0.246. The van der Waals surface area contributed by atoms with Gasteiger partial charge in [-0.15, -0.1) is 0 Å². The van der Waals surface area contributed by atoms with E-state index in [-0.39, 0.29) is 0 Å². The first-order valence-corrected chi connectivity index (χ1v) is 7.46. The van der Waals surface area contributed by atoms with E-state index in [0.29, 0.717) is 22.3 Å². The van der Waals surface area contributed by atoms with Crippen LogP contribution in [0.25, 0.3) is 22.2 Å². The molecule has 3 heterocycles. The summed E-state index contributed by atoms with van der Waals surface area (Å²) >= 11 is 0. The minimum Gasteiger partial charge on any atom is -0.381 e. The summed E-state index contributed by atoms with van der Waals surface area (Å²) in [4.78, 5) is 12.4. The average Bonchev–Trinajstić information content (AvgIpc) is 2.59. The van der Waals surface area contributed by atoms with Gasteiger partial charge < -0.3 is 10.4 Å². The van der Waals surface area contributed by atoms with Gasteiger partial charge in [0.25, 0.3) is 0 Å². The molecule has 0 aliphatic rings. The van der Waals surface area contributed by atoms with Crippen molar-refractivity contribution in [3.63, 3.8) is 0 Å². The zero-order valence-electron chi connectivity index (χ0n) is 13.2. The van der Waals surface area contributed by atoms with Gasteiger partial charge in [0, 0.05) is 35.2 Å². The molecule has 8 heteroatoms. The molecule has 1 atom stereocenters. The summed E-state index contributed by atoms with van der Waals surface area (Å²) < 4.78 is 38.6. The van der Waals surface area contributed by atoms with Crippen LogP contribution in [0.15, 0.2) is 49.1 Å². The summed E-state index contributed by atoms with van der Waals surface area (Å²) in [7, 11) is 0. The normalized spacial score (nSPS) is 14.3. The van der Waals surface area contributed by atoms with Crippen LogP contribution < -0.4 is 5.32 Å². The lowest BCUT2D eigenvalue weighted by Gasteiger charge is -2.27. The number of aliphatic hydroxyl groups is 1. The Balaban J connectivity index is 2.02. The molecule has 0 saturated heterocycles. The van der Waals surface area contributed by atoms with Crippen molar-refractivity contribution in [2.24, 2.45) is 0 Å². The molecule has 0 aromatic carbocycles. The Morgan fingerprint density at radius 3 is 2.44 bits per heavy atom. The van der Waals surface area contributed by atoms with Gasteiger partial charge in [-0.05, 0) is 31.2 Å². The van der Waals surface area contributed by atoms with Gasteiger partial charge in [-0.2, -0.15) is 13.2 Å². The molecule has 0 bridgehead atoms. The van der Waals surface area contributed by atoms with Crippen LogP contribution in [0.4, 0.5) is 18.9 Å². The molecule has 3 aromatic rings. The number of alkyl halides is 3. The molecule has 0 radical (unpaired) electrons. The highest BCUT2D eigenvalue weighted by Gasteiger charge is 2.49. The number of hydrogen-bond acceptors (Lipinski definition) is 5. The fourth-order valence-electron chi connectivity index (χ4n) is 2.26. The monoisotopic (exact) mass is 348 g/mol. The van der Waals surface area contributed by atoms with Crippen molar-refractivity contribution in [2.75, 3.05) is 11.9 Å². The fraction of sp³-hybridized carbons (Fsp3) is 0.235. The van der Waals surface area contributed by atoms with E-state index in [0.717, 1.165) is 12.5 Å². The topological polar surface area (TPSA) is 70.9 Å². The van der Waals surface area contributed by atoms with Gasteiger partial charge in [0.2, 0.25) is 0 Å². The highest BCUT2D eigenvalue weighted by atomic mass is 19.4. The predicted molar refractivity (Wildman–Crippen MR) is 87.9 cm³/mol. The number of halogens is 3. The van der Waals surface area contributed by atoms with E-state index < -0.39 is 18.3 Å². The zero-order chi connectivity index (χ0) is 18.1. The second-order valence-corrected chi connectivity index (χ2v) is 5.81. The molecule has 0 fully saturated rings. The van der Waals surface area contributed by atoms with Gasteiger partial charge >= 0.3 is 6.18 Å². The molecule has 0 amide bonds. The number of nitrogens with one attached hydrogen (secondary N) is 1. The smallest absolute Gasteiger partial charge is 0.381 e. The van der Waals surface area contributed by atoms with Crippen molar-refractivity contribution in [3.8, 4) is 11.3 Å². The maximum atomic E-state index is 12.9. The lowest BCUT2D eigenvalue weighted by atomic mass is 10.1. The van der Waals surface area contributed by atoms with E-state index in [1.807, 2.05) is 0 Å². The number of nitrogens with zero attached hydrogens (tertiary/aromatic N) is 3. The van der Waals surface area contributed by atoms with E-state index in [1.54, 1.807) is 36.7 Å². The number of fused-ring (bicyclic) bond motifs is 1. The van der Waals surface area contributed by atoms with Gasteiger partial charge in [-0.1, -0.05) is 0 Å². The molecule has 0 unspecified atom stereocenters. The van der Waals surface area contributed by atoms with Crippen LogP contribution in [0, 0.1) is 0 Å². The number of anilines is 1. The van der Waals surface area contributed by atoms with Crippen LogP contribution in [0.5, 0.6) is 0 Å². The first-order valence-electron chi connectivity index (χ1n) is 7.46. The van der Waals surface area contributed by atoms with E-state index in [1.165, 1.54) is 12.4 Å². The summed E-state index contributed by atoms with van der Waals surface area (Å²) in [5, 5.41) is 13.0. The first kappa shape index (κ1) is 17.1. The highest BCUT2D eigenvalue weighted by Crippen LogP contribution is 2.32. The summed E-state index contributed by atoms with van der Waals surface area (Å²) in [6, 6.07) is 6.80. The Bertz CT molecular complexity index is 882. The van der Waals surface area contributed by atoms with Crippen LogP contribution in [0.1, 0.15) is 6.92 Å². The summed E-state index contributed by atoms with van der Waals surface area (Å²) in [6.45, 7) is 0.0441. The fourth-order valence-corrected chi connectivity index (χ4v) is 2.26. The molecule has 2 N–H and O–H groups in total. The predicted octanol–water partition coefficient (Wildman–Crippen LogP) is 3.42. The second kappa shape index (κ2) is 6.29. The van der Waals surface area contributed by atoms with E-state index in [2.05, 4.69) is 20.3 Å². The van der Waals surface area contributed by atoms with Gasteiger partial charge in [-0.25, -0.2) is 4.98 Å². The van der Waals surface area contributed by atoms with Gasteiger partial charge in [-0.3, -0.25) is 9.97 Å². The van der Waals surface area contributed by atoms with Crippen LogP contribution in [0.3, 0.4) is 0 Å². The zero-order valence-corrected chi connectivity index (χ0v) is 13.2. The molecule has 0 aliphatic heterocycles. The third kappa shape index (κ3) is 3.53. The Kier molecular flexibility index (Phi) is 4.30. The number of hydrogen-bond donors (Lipinski definition) is 2. The molecule has 3 aromatic heterocycles. The Hall–Kier alpha value is -2.74. The van der Waals surface area contributed by atoms with Crippen LogP contribution >= 0.6 is 0 Å². The number of pyridine rings is 3. The van der Waals surface area contributed by atoms with Crippen molar-refractivity contribution < 1.29 is 18.3 Å². The Morgan fingerprint density at radius 2 is 1.76 bits per heavy atom. The molecular weight excluding hydrogens is 333 g/mol. The van der Waals surface area contributed by atoms with E-state index in [9.17, 15) is 18.3 Å². The minimum absolute atomic E-state index is 0.434. The Morgan fingerprint density at radius 1 is 1.08 bits per heavy atom. The van der Waals surface area contributed by atoms with Crippen molar-refractivity contribution >= 4 is 16.6 Å². The average molecular weight is 348 g/mol. The van der Waals surface area contributed by atoms with E-state index >= 15 is 0 Å².